The number of carbonyl (C=O) groups is 1. The smallest absolute Gasteiger partial charge is 0.254 e. The monoisotopic (exact) mass is 310 g/mol. The Balaban J connectivity index is 2.36. The Morgan fingerprint density at radius 3 is 2.62 bits per heavy atom. The molecule has 1 atom stereocenters. The van der Waals surface area contributed by atoms with Crippen LogP contribution in [0.5, 0.6) is 0 Å². The van der Waals surface area contributed by atoms with Gasteiger partial charge in [0, 0.05) is 30.1 Å². The lowest BCUT2D eigenvalue weighted by Gasteiger charge is -2.27. The molecule has 5 nitrogen and oxygen atoms in total. The molecular formula is C15H22N2O3S. The summed E-state index contributed by atoms with van der Waals surface area (Å²) in [6.45, 7) is 2.75. The molecule has 0 radical (unpaired) electrons. The molecule has 1 aliphatic rings. The summed E-state index contributed by atoms with van der Waals surface area (Å²) in [5.74, 6) is -0.137. The molecule has 1 fully saturated rings. The number of amides is 1. The van der Waals surface area contributed by atoms with Crippen molar-refractivity contribution < 1.29 is 13.2 Å². The van der Waals surface area contributed by atoms with Gasteiger partial charge >= 0.3 is 0 Å². The van der Waals surface area contributed by atoms with Crippen molar-refractivity contribution in [3.05, 3.63) is 23.8 Å². The molecule has 2 rings (SSSR count). The number of nitrogen functional groups attached to an aromatic ring is 1. The van der Waals surface area contributed by atoms with Gasteiger partial charge in [0.05, 0.1) is 4.90 Å². The Bertz CT molecular complexity index is 640. The van der Waals surface area contributed by atoms with Crippen LogP contribution in [0.2, 0.25) is 0 Å². The third-order valence-electron chi connectivity index (χ3n) is 3.92. The van der Waals surface area contributed by atoms with Crippen LogP contribution in [-0.4, -0.2) is 38.1 Å². The standard InChI is InChI=1S/C15H22N2O3S/c1-11-6-4-3-5-7-17(11)15(18)12-8-13(16)10-14(9-12)21(2,19)20/h8-11H,3-7,16H2,1-2H3. The fourth-order valence-corrected chi connectivity index (χ4v) is 3.39. The molecule has 21 heavy (non-hydrogen) atoms. The summed E-state index contributed by atoms with van der Waals surface area (Å²) in [4.78, 5) is 14.6. The molecule has 1 aromatic carbocycles. The average molecular weight is 310 g/mol. The molecule has 116 valence electrons. The summed E-state index contributed by atoms with van der Waals surface area (Å²) in [7, 11) is -3.38. The lowest BCUT2D eigenvalue weighted by molar-refractivity contribution is 0.0697. The minimum Gasteiger partial charge on any atom is -0.399 e. The highest BCUT2D eigenvalue weighted by atomic mass is 32.2. The van der Waals surface area contributed by atoms with E-state index in [0.717, 1.165) is 31.9 Å². The third kappa shape index (κ3) is 3.75. The van der Waals surface area contributed by atoms with Crippen LogP contribution in [0.25, 0.3) is 0 Å². The van der Waals surface area contributed by atoms with Crippen molar-refractivity contribution in [1.82, 2.24) is 4.90 Å². The lowest BCUT2D eigenvalue weighted by Crippen LogP contribution is -2.38. The van der Waals surface area contributed by atoms with Gasteiger partial charge in [-0.1, -0.05) is 12.8 Å². The maximum absolute atomic E-state index is 12.7. The number of benzene rings is 1. The van der Waals surface area contributed by atoms with E-state index in [4.69, 9.17) is 5.73 Å². The second-order valence-corrected chi connectivity index (χ2v) is 7.78. The van der Waals surface area contributed by atoms with Crippen LogP contribution < -0.4 is 5.73 Å². The van der Waals surface area contributed by atoms with Crippen LogP contribution in [0.1, 0.15) is 43.0 Å². The van der Waals surface area contributed by atoms with Crippen LogP contribution in [0.3, 0.4) is 0 Å². The number of carbonyl (C=O) groups excluding carboxylic acids is 1. The van der Waals surface area contributed by atoms with Crippen LogP contribution >= 0.6 is 0 Å². The van der Waals surface area contributed by atoms with Gasteiger partial charge in [-0.2, -0.15) is 0 Å². The molecular weight excluding hydrogens is 288 g/mol. The summed E-state index contributed by atoms with van der Waals surface area (Å²) >= 11 is 0. The normalized spacial score (nSPS) is 20.1. The quantitative estimate of drug-likeness (QED) is 0.848. The second kappa shape index (κ2) is 6.05. The van der Waals surface area contributed by atoms with Gasteiger partial charge in [0.1, 0.15) is 0 Å². The third-order valence-corrected chi connectivity index (χ3v) is 5.01. The van der Waals surface area contributed by atoms with E-state index >= 15 is 0 Å². The molecule has 6 heteroatoms. The molecule has 1 amide bonds. The van der Waals surface area contributed by atoms with Crippen molar-refractivity contribution in [2.75, 3.05) is 18.5 Å². The minimum atomic E-state index is -3.38. The van der Waals surface area contributed by atoms with Crippen molar-refractivity contribution >= 4 is 21.4 Å². The summed E-state index contributed by atoms with van der Waals surface area (Å²) in [6, 6.07) is 4.53. The van der Waals surface area contributed by atoms with Gasteiger partial charge in [-0.05, 0) is 38.0 Å². The zero-order valence-electron chi connectivity index (χ0n) is 12.5. The average Bonchev–Trinajstić information content (AvgIpc) is 2.61. The van der Waals surface area contributed by atoms with Crippen molar-refractivity contribution in [3.63, 3.8) is 0 Å². The van der Waals surface area contributed by atoms with Gasteiger partial charge < -0.3 is 10.6 Å². The van der Waals surface area contributed by atoms with Crippen LogP contribution in [-0.2, 0) is 9.84 Å². The van der Waals surface area contributed by atoms with Crippen molar-refractivity contribution in [3.8, 4) is 0 Å². The van der Waals surface area contributed by atoms with E-state index in [9.17, 15) is 13.2 Å². The number of sulfone groups is 1. The molecule has 1 saturated heterocycles. The van der Waals surface area contributed by atoms with Crippen LogP contribution in [0, 0.1) is 0 Å². The first kappa shape index (κ1) is 15.8. The molecule has 0 bridgehead atoms. The summed E-state index contributed by atoms with van der Waals surface area (Å²) in [5, 5.41) is 0. The van der Waals surface area contributed by atoms with Gasteiger partial charge in [0.2, 0.25) is 0 Å². The molecule has 1 heterocycles. The zero-order chi connectivity index (χ0) is 15.6. The highest BCUT2D eigenvalue weighted by Crippen LogP contribution is 2.22. The number of rotatable bonds is 2. The molecule has 1 aromatic rings. The molecule has 1 unspecified atom stereocenters. The van der Waals surface area contributed by atoms with Gasteiger partial charge in [0.15, 0.2) is 9.84 Å². The molecule has 0 saturated carbocycles. The topological polar surface area (TPSA) is 80.5 Å². The molecule has 0 aliphatic carbocycles. The van der Waals surface area contributed by atoms with Crippen LogP contribution in [0.15, 0.2) is 23.1 Å². The summed E-state index contributed by atoms with van der Waals surface area (Å²) in [6.07, 6.45) is 5.32. The fraction of sp³-hybridized carbons (Fsp3) is 0.533. The Labute approximate surface area is 126 Å². The lowest BCUT2D eigenvalue weighted by atomic mass is 10.1. The number of likely N-dealkylation sites (tertiary alicyclic amines) is 1. The number of nitrogens with two attached hydrogens (primary N) is 1. The fourth-order valence-electron chi connectivity index (χ4n) is 2.70. The largest absolute Gasteiger partial charge is 0.399 e. The number of hydrogen-bond acceptors (Lipinski definition) is 4. The van der Waals surface area contributed by atoms with Crippen molar-refractivity contribution in [2.45, 2.75) is 43.5 Å². The molecule has 2 N–H and O–H groups in total. The Kier molecular flexibility index (Phi) is 4.56. The van der Waals surface area contributed by atoms with Gasteiger partial charge in [0.25, 0.3) is 5.91 Å². The first-order valence-electron chi connectivity index (χ1n) is 7.20. The number of hydrogen-bond donors (Lipinski definition) is 1. The van der Waals surface area contributed by atoms with E-state index in [0.29, 0.717) is 17.8 Å². The van der Waals surface area contributed by atoms with E-state index < -0.39 is 9.84 Å². The van der Waals surface area contributed by atoms with E-state index in [1.807, 2.05) is 11.8 Å². The highest BCUT2D eigenvalue weighted by molar-refractivity contribution is 7.90. The summed E-state index contributed by atoms with van der Waals surface area (Å²) in [5.41, 5.74) is 6.40. The first-order valence-corrected chi connectivity index (χ1v) is 9.10. The van der Waals surface area contributed by atoms with E-state index in [1.165, 1.54) is 12.1 Å². The maximum Gasteiger partial charge on any atom is 0.254 e. The Morgan fingerprint density at radius 1 is 1.24 bits per heavy atom. The van der Waals surface area contributed by atoms with Crippen LogP contribution in [0.4, 0.5) is 5.69 Å². The predicted octanol–water partition coefficient (Wildman–Crippen LogP) is 2.08. The van der Waals surface area contributed by atoms with E-state index in [1.54, 1.807) is 6.07 Å². The first-order chi connectivity index (χ1) is 9.79. The Morgan fingerprint density at radius 2 is 1.95 bits per heavy atom. The predicted molar refractivity (Wildman–Crippen MR) is 82.9 cm³/mol. The van der Waals surface area contributed by atoms with Gasteiger partial charge in [-0.25, -0.2) is 8.42 Å². The van der Waals surface area contributed by atoms with Gasteiger partial charge in [-0.15, -0.1) is 0 Å². The summed E-state index contributed by atoms with van der Waals surface area (Å²) < 4.78 is 23.4. The second-order valence-electron chi connectivity index (χ2n) is 5.76. The SMILES string of the molecule is CC1CCCCCN1C(=O)c1cc(N)cc(S(C)(=O)=O)c1. The molecule has 1 aliphatic heterocycles. The van der Waals surface area contributed by atoms with Crippen molar-refractivity contribution in [1.29, 1.82) is 0 Å². The maximum atomic E-state index is 12.7. The van der Waals surface area contributed by atoms with E-state index in [-0.39, 0.29) is 16.8 Å². The molecule has 0 aromatic heterocycles. The van der Waals surface area contributed by atoms with Crippen molar-refractivity contribution in [2.24, 2.45) is 0 Å². The number of nitrogens with zero attached hydrogens (tertiary/aromatic N) is 1. The highest BCUT2D eigenvalue weighted by Gasteiger charge is 2.24. The zero-order valence-corrected chi connectivity index (χ0v) is 13.3. The molecule has 0 spiro atoms. The van der Waals surface area contributed by atoms with Gasteiger partial charge in [-0.3, -0.25) is 4.79 Å². The Hall–Kier alpha value is -1.56. The van der Waals surface area contributed by atoms with E-state index in [2.05, 4.69) is 0 Å². The number of anilines is 1. The minimum absolute atomic E-state index is 0.0910.